The standard InChI is InChI=1S/C11H13I/c1-9(2)6-7-10-4-3-5-11(12)8-10/h3-6,8H,7H2,1-2H3. The Bertz CT molecular complexity index is 283. The van der Waals surface area contributed by atoms with Crippen LogP contribution in [0.1, 0.15) is 19.4 Å². The smallest absolute Gasteiger partial charge is 0.0133 e. The predicted molar refractivity (Wildman–Crippen MR) is 62.3 cm³/mol. The molecular formula is C11H13I. The highest BCUT2D eigenvalue weighted by Gasteiger charge is 1.90. The molecule has 0 aliphatic carbocycles. The van der Waals surface area contributed by atoms with Crippen molar-refractivity contribution in [2.24, 2.45) is 0 Å². The zero-order valence-electron chi connectivity index (χ0n) is 7.47. The van der Waals surface area contributed by atoms with Crippen LogP contribution < -0.4 is 0 Å². The maximum absolute atomic E-state index is 2.34. The van der Waals surface area contributed by atoms with E-state index < -0.39 is 0 Å². The van der Waals surface area contributed by atoms with Crippen LogP contribution in [-0.4, -0.2) is 0 Å². The van der Waals surface area contributed by atoms with Crippen LogP contribution in [0.4, 0.5) is 0 Å². The molecule has 0 saturated heterocycles. The first-order valence-electron chi connectivity index (χ1n) is 4.06. The molecule has 0 radical (unpaired) electrons. The van der Waals surface area contributed by atoms with Gasteiger partial charge < -0.3 is 0 Å². The summed E-state index contributed by atoms with van der Waals surface area (Å²) in [6.45, 7) is 4.27. The summed E-state index contributed by atoms with van der Waals surface area (Å²) in [6.07, 6.45) is 3.31. The molecular weight excluding hydrogens is 259 g/mol. The number of hydrogen-bond acceptors (Lipinski definition) is 0. The number of benzene rings is 1. The highest BCUT2D eigenvalue weighted by molar-refractivity contribution is 14.1. The molecule has 0 atom stereocenters. The largest absolute Gasteiger partial charge is 0.0815 e. The lowest BCUT2D eigenvalue weighted by Crippen LogP contribution is -1.82. The molecule has 0 N–H and O–H groups in total. The number of allylic oxidation sites excluding steroid dienone is 2. The molecule has 0 aliphatic heterocycles. The molecule has 0 aromatic heterocycles. The highest BCUT2D eigenvalue weighted by Crippen LogP contribution is 2.09. The van der Waals surface area contributed by atoms with E-state index in [2.05, 4.69) is 66.8 Å². The average molecular weight is 272 g/mol. The molecule has 0 unspecified atom stereocenters. The summed E-state index contributed by atoms with van der Waals surface area (Å²) in [6, 6.07) is 8.62. The molecule has 0 saturated carbocycles. The minimum absolute atomic E-state index is 1.05. The van der Waals surface area contributed by atoms with E-state index in [-0.39, 0.29) is 0 Å². The van der Waals surface area contributed by atoms with E-state index in [0.717, 1.165) is 6.42 Å². The molecule has 64 valence electrons. The van der Waals surface area contributed by atoms with Gasteiger partial charge in [0.15, 0.2) is 0 Å². The zero-order valence-corrected chi connectivity index (χ0v) is 9.63. The van der Waals surface area contributed by atoms with Gasteiger partial charge in [-0.05, 0) is 60.6 Å². The molecule has 0 fully saturated rings. The van der Waals surface area contributed by atoms with Crippen molar-refractivity contribution in [3.05, 3.63) is 45.0 Å². The number of halogens is 1. The van der Waals surface area contributed by atoms with Crippen LogP contribution >= 0.6 is 22.6 Å². The summed E-state index contributed by atoms with van der Waals surface area (Å²) in [5, 5.41) is 0. The third kappa shape index (κ3) is 3.39. The Morgan fingerprint density at radius 2 is 2.17 bits per heavy atom. The first kappa shape index (κ1) is 9.78. The van der Waals surface area contributed by atoms with Crippen LogP contribution in [0.15, 0.2) is 35.9 Å². The van der Waals surface area contributed by atoms with Crippen molar-refractivity contribution in [1.82, 2.24) is 0 Å². The maximum Gasteiger partial charge on any atom is 0.0133 e. The van der Waals surface area contributed by atoms with Crippen molar-refractivity contribution in [1.29, 1.82) is 0 Å². The van der Waals surface area contributed by atoms with Gasteiger partial charge in [0, 0.05) is 3.57 Å². The van der Waals surface area contributed by atoms with Gasteiger partial charge in [-0.3, -0.25) is 0 Å². The van der Waals surface area contributed by atoms with Crippen molar-refractivity contribution in [3.63, 3.8) is 0 Å². The van der Waals surface area contributed by atoms with Gasteiger partial charge in [-0.2, -0.15) is 0 Å². The van der Waals surface area contributed by atoms with E-state index in [1.54, 1.807) is 0 Å². The van der Waals surface area contributed by atoms with E-state index in [1.807, 2.05) is 0 Å². The first-order chi connectivity index (χ1) is 5.68. The average Bonchev–Trinajstić information content (AvgIpc) is 2.01. The Kier molecular flexibility index (Phi) is 3.79. The molecule has 1 rings (SSSR count). The van der Waals surface area contributed by atoms with Gasteiger partial charge in [0.05, 0.1) is 0 Å². The highest BCUT2D eigenvalue weighted by atomic mass is 127. The Morgan fingerprint density at radius 3 is 2.75 bits per heavy atom. The third-order valence-electron chi connectivity index (χ3n) is 1.64. The quantitative estimate of drug-likeness (QED) is 0.567. The lowest BCUT2D eigenvalue weighted by atomic mass is 10.1. The van der Waals surface area contributed by atoms with Crippen LogP contribution in [0.3, 0.4) is 0 Å². The normalized spacial score (nSPS) is 9.58. The lowest BCUT2D eigenvalue weighted by molar-refractivity contribution is 1.21. The summed E-state index contributed by atoms with van der Waals surface area (Å²) in [5.41, 5.74) is 2.77. The molecule has 0 amide bonds. The second kappa shape index (κ2) is 4.65. The predicted octanol–water partition coefficient (Wildman–Crippen LogP) is 3.80. The fraction of sp³-hybridized carbons (Fsp3) is 0.273. The van der Waals surface area contributed by atoms with E-state index >= 15 is 0 Å². The molecule has 0 bridgehead atoms. The van der Waals surface area contributed by atoms with Crippen molar-refractivity contribution >= 4 is 22.6 Å². The second-order valence-corrected chi connectivity index (χ2v) is 4.36. The minimum atomic E-state index is 1.05. The molecule has 1 aromatic carbocycles. The van der Waals surface area contributed by atoms with Gasteiger partial charge in [-0.1, -0.05) is 23.8 Å². The summed E-state index contributed by atoms with van der Waals surface area (Å²) in [4.78, 5) is 0. The van der Waals surface area contributed by atoms with E-state index in [9.17, 15) is 0 Å². The molecule has 1 heteroatoms. The summed E-state index contributed by atoms with van der Waals surface area (Å²) >= 11 is 2.34. The van der Waals surface area contributed by atoms with Crippen LogP contribution in [0.2, 0.25) is 0 Å². The Balaban J connectivity index is 2.70. The molecule has 0 heterocycles. The van der Waals surface area contributed by atoms with Gasteiger partial charge in [-0.15, -0.1) is 0 Å². The van der Waals surface area contributed by atoms with E-state index in [0.29, 0.717) is 0 Å². The topological polar surface area (TPSA) is 0 Å². The van der Waals surface area contributed by atoms with Crippen molar-refractivity contribution in [3.8, 4) is 0 Å². The molecule has 0 nitrogen and oxygen atoms in total. The molecule has 1 aromatic rings. The lowest BCUT2D eigenvalue weighted by Gasteiger charge is -1.97. The van der Waals surface area contributed by atoms with Crippen molar-refractivity contribution < 1.29 is 0 Å². The Labute approximate surface area is 87.8 Å². The number of hydrogen-bond donors (Lipinski definition) is 0. The van der Waals surface area contributed by atoms with Crippen LogP contribution in [0.5, 0.6) is 0 Å². The third-order valence-corrected chi connectivity index (χ3v) is 2.31. The summed E-state index contributed by atoms with van der Waals surface area (Å²) < 4.78 is 1.31. The van der Waals surface area contributed by atoms with Crippen molar-refractivity contribution in [2.45, 2.75) is 20.3 Å². The molecule has 0 aliphatic rings. The summed E-state index contributed by atoms with van der Waals surface area (Å²) in [5.74, 6) is 0. The van der Waals surface area contributed by atoms with Gasteiger partial charge in [0.2, 0.25) is 0 Å². The van der Waals surface area contributed by atoms with Gasteiger partial charge in [0.25, 0.3) is 0 Å². The molecule has 0 spiro atoms. The molecule has 12 heavy (non-hydrogen) atoms. The van der Waals surface area contributed by atoms with Crippen molar-refractivity contribution in [2.75, 3.05) is 0 Å². The SMILES string of the molecule is CC(C)=CCc1cccc(I)c1. The van der Waals surface area contributed by atoms with Crippen LogP contribution in [0.25, 0.3) is 0 Å². The Hall–Kier alpha value is -0.310. The van der Waals surface area contributed by atoms with Crippen LogP contribution in [0, 0.1) is 3.57 Å². The maximum atomic E-state index is 2.34. The second-order valence-electron chi connectivity index (χ2n) is 3.12. The van der Waals surface area contributed by atoms with Gasteiger partial charge in [-0.25, -0.2) is 0 Å². The first-order valence-corrected chi connectivity index (χ1v) is 5.14. The van der Waals surface area contributed by atoms with Gasteiger partial charge in [0.1, 0.15) is 0 Å². The minimum Gasteiger partial charge on any atom is -0.0815 e. The van der Waals surface area contributed by atoms with Gasteiger partial charge >= 0.3 is 0 Å². The fourth-order valence-electron chi connectivity index (χ4n) is 0.986. The monoisotopic (exact) mass is 272 g/mol. The number of rotatable bonds is 2. The van der Waals surface area contributed by atoms with Crippen LogP contribution in [-0.2, 0) is 6.42 Å². The van der Waals surface area contributed by atoms with E-state index in [1.165, 1.54) is 14.7 Å². The Morgan fingerprint density at radius 1 is 1.42 bits per heavy atom. The summed E-state index contributed by atoms with van der Waals surface area (Å²) in [7, 11) is 0. The van der Waals surface area contributed by atoms with E-state index in [4.69, 9.17) is 0 Å². The fourth-order valence-corrected chi connectivity index (χ4v) is 1.59. The zero-order chi connectivity index (χ0) is 8.97.